The smallest absolute Gasteiger partial charge is 0.236 e. The Labute approximate surface area is 216 Å². The van der Waals surface area contributed by atoms with E-state index in [0.29, 0.717) is 27.7 Å². The van der Waals surface area contributed by atoms with Crippen LogP contribution in [0.25, 0.3) is 11.3 Å². The number of thioether (sulfide) groups is 1. The van der Waals surface area contributed by atoms with Gasteiger partial charge in [-0.2, -0.15) is 0 Å². The molecule has 0 aliphatic heterocycles. The van der Waals surface area contributed by atoms with E-state index in [1.165, 1.54) is 23.1 Å². The minimum absolute atomic E-state index is 0.0913. The fourth-order valence-corrected chi connectivity index (χ4v) is 4.91. The SMILES string of the molecule is CCn1c(CC(=O)Nc2ccc(C)cc2)nnc1SCC(=O)Nc1nc(-c2ccc(Cl)cc2)cs1. The number of aromatic nitrogens is 4. The minimum atomic E-state index is -0.198. The molecule has 0 aliphatic carbocycles. The highest BCUT2D eigenvalue weighted by Crippen LogP contribution is 2.26. The van der Waals surface area contributed by atoms with Crippen LogP contribution < -0.4 is 10.6 Å². The van der Waals surface area contributed by atoms with Gasteiger partial charge in [0.15, 0.2) is 10.3 Å². The topological polar surface area (TPSA) is 102 Å². The van der Waals surface area contributed by atoms with E-state index in [1.54, 1.807) is 12.1 Å². The third-order valence-electron chi connectivity index (χ3n) is 4.99. The number of rotatable bonds is 9. The van der Waals surface area contributed by atoms with Crippen LogP contribution >= 0.6 is 34.7 Å². The van der Waals surface area contributed by atoms with Gasteiger partial charge in [-0.05, 0) is 38.1 Å². The molecule has 0 atom stereocenters. The molecule has 0 bridgehead atoms. The fraction of sp³-hybridized carbons (Fsp3) is 0.208. The maximum absolute atomic E-state index is 12.5. The van der Waals surface area contributed by atoms with E-state index in [4.69, 9.17) is 11.6 Å². The second-order valence-electron chi connectivity index (χ2n) is 7.62. The summed E-state index contributed by atoms with van der Waals surface area (Å²) in [6.07, 6.45) is 0.0913. The summed E-state index contributed by atoms with van der Waals surface area (Å²) in [5.74, 6) is 0.318. The van der Waals surface area contributed by atoms with Crippen molar-refractivity contribution in [1.82, 2.24) is 19.7 Å². The molecule has 2 aromatic heterocycles. The first-order chi connectivity index (χ1) is 16.9. The van der Waals surface area contributed by atoms with Crippen LogP contribution in [-0.4, -0.2) is 37.3 Å². The average Bonchev–Trinajstić information content (AvgIpc) is 3.46. The highest BCUT2D eigenvalue weighted by molar-refractivity contribution is 7.99. The highest BCUT2D eigenvalue weighted by atomic mass is 35.5. The van der Waals surface area contributed by atoms with Crippen LogP contribution in [0.2, 0.25) is 5.02 Å². The van der Waals surface area contributed by atoms with E-state index in [-0.39, 0.29) is 24.0 Å². The standard InChI is InChI=1S/C24H23ClN6O2S2/c1-3-31-20(12-21(32)26-18-10-4-15(2)5-11-18)29-30-24(31)35-14-22(33)28-23-27-19(13-34-23)16-6-8-17(25)9-7-16/h4-11,13H,3,12,14H2,1-2H3,(H,26,32)(H,27,28,33). The Balaban J connectivity index is 1.31. The average molecular weight is 527 g/mol. The van der Waals surface area contributed by atoms with Crippen molar-refractivity contribution >= 4 is 57.3 Å². The molecule has 8 nitrogen and oxygen atoms in total. The van der Waals surface area contributed by atoms with E-state index in [2.05, 4.69) is 25.8 Å². The minimum Gasteiger partial charge on any atom is -0.326 e. The van der Waals surface area contributed by atoms with E-state index >= 15 is 0 Å². The van der Waals surface area contributed by atoms with Crippen LogP contribution in [-0.2, 0) is 22.6 Å². The van der Waals surface area contributed by atoms with Crippen LogP contribution in [0.3, 0.4) is 0 Å². The van der Waals surface area contributed by atoms with Crippen molar-refractivity contribution < 1.29 is 9.59 Å². The van der Waals surface area contributed by atoms with Gasteiger partial charge < -0.3 is 15.2 Å². The zero-order valence-corrected chi connectivity index (χ0v) is 21.5. The van der Waals surface area contributed by atoms with Crippen LogP contribution in [0, 0.1) is 6.92 Å². The molecule has 0 fully saturated rings. The third kappa shape index (κ3) is 6.68. The zero-order valence-electron chi connectivity index (χ0n) is 19.1. The number of halogens is 1. The number of hydrogen-bond acceptors (Lipinski definition) is 7. The van der Waals surface area contributed by atoms with Gasteiger partial charge in [-0.1, -0.05) is 53.2 Å². The van der Waals surface area contributed by atoms with E-state index < -0.39 is 0 Å². The molecule has 2 N–H and O–H groups in total. The van der Waals surface area contributed by atoms with Crippen molar-refractivity contribution in [3.05, 3.63) is 70.3 Å². The lowest BCUT2D eigenvalue weighted by molar-refractivity contribution is -0.116. The normalized spacial score (nSPS) is 10.8. The Bertz CT molecular complexity index is 1320. The predicted octanol–water partition coefficient (Wildman–Crippen LogP) is 5.30. The van der Waals surface area contributed by atoms with Gasteiger partial charge in [0.2, 0.25) is 11.8 Å². The number of thiazole rings is 1. The quantitative estimate of drug-likeness (QED) is 0.287. The predicted molar refractivity (Wildman–Crippen MR) is 141 cm³/mol. The molecule has 0 saturated heterocycles. The summed E-state index contributed by atoms with van der Waals surface area (Å²) >= 11 is 8.56. The second kappa shape index (κ2) is 11.5. The highest BCUT2D eigenvalue weighted by Gasteiger charge is 2.17. The summed E-state index contributed by atoms with van der Waals surface area (Å²) in [5.41, 5.74) is 3.55. The van der Waals surface area contributed by atoms with Crippen molar-refractivity contribution in [1.29, 1.82) is 0 Å². The molecule has 2 heterocycles. The fourth-order valence-electron chi connectivity index (χ4n) is 3.23. The van der Waals surface area contributed by atoms with Gasteiger partial charge in [0.05, 0.1) is 17.9 Å². The van der Waals surface area contributed by atoms with Crippen LogP contribution in [0.15, 0.2) is 59.1 Å². The molecular weight excluding hydrogens is 504 g/mol. The molecule has 0 aliphatic rings. The molecule has 0 saturated carbocycles. The third-order valence-corrected chi connectivity index (χ3v) is 6.96. The molecule has 35 heavy (non-hydrogen) atoms. The maximum Gasteiger partial charge on any atom is 0.236 e. The molecule has 0 spiro atoms. The van der Waals surface area contributed by atoms with Gasteiger partial charge in [-0.25, -0.2) is 4.98 Å². The van der Waals surface area contributed by atoms with Crippen molar-refractivity contribution in [3.8, 4) is 11.3 Å². The lowest BCUT2D eigenvalue weighted by Crippen LogP contribution is -2.18. The lowest BCUT2D eigenvalue weighted by atomic mass is 10.2. The Kier molecular flexibility index (Phi) is 8.17. The summed E-state index contributed by atoms with van der Waals surface area (Å²) in [4.78, 5) is 29.4. The van der Waals surface area contributed by atoms with E-state index in [9.17, 15) is 9.59 Å². The molecule has 180 valence electrons. The number of anilines is 2. The van der Waals surface area contributed by atoms with Crippen molar-refractivity contribution in [2.24, 2.45) is 0 Å². The summed E-state index contributed by atoms with van der Waals surface area (Å²) in [6, 6.07) is 15.0. The summed E-state index contributed by atoms with van der Waals surface area (Å²) in [6.45, 7) is 4.52. The Morgan fingerprint density at radius 1 is 1.03 bits per heavy atom. The Hall–Kier alpha value is -3.21. The first-order valence-electron chi connectivity index (χ1n) is 10.8. The molecular formula is C24H23ClN6O2S2. The summed E-state index contributed by atoms with van der Waals surface area (Å²) in [7, 11) is 0. The van der Waals surface area contributed by atoms with Gasteiger partial charge in [-0.3, -0.25) is 9.59 Å². The number of nitrogens with one attached hydrogen (secondary N) is 2. The van der Waals surface area contributed by atoms with Crippen LogP contribution in [0.1, 0.15) is 18.3 Å². The molecule has 2 aromatic carbocycles. The molecule has 4 aromatic rings. The van der Waals surface area contributed by atoms with E-state index in [1.807, 2.05) is 60.2 Å². The van der Waals surface area contributed by atoms with Gasteiger partial charge >= 0.3 is 0 Å². The molecule has 4 rings (SSSR count). The molecule has 0 radical (unpaired) electrons. The van der Waals surface area contributed by atoms with Gasteiger partial charge in [0, 0.05) is 28.2 Å². The van der Waals surface area contributed by atoms with Crippen molar-refractivity contribution in [3.63, 3.8) is 0 Å². The van der Waals surface area contributed by atoms with Crippen molar-refractivity contribution in [2.75, 3.05) is 16.4 Å². The monoisotopic (exact) mass is 526 g/mol. The first-order valence-corrected chi connectivity index (χ1v) is 13.1. The molecule has 0 unspecified atom stereocenters. The molecule has 11 heteroatoms. The zero-order chi connectivity index (χ0) is 24.8. The number of benzene rings is 2. The number of carbonyl (C=O) groups excluding carboxylic acids is 2. The maximum atomic E-state index is 12.5. The van der Waals surface area contributed by atoms with Crippen LogP contribution in [0.4, 0.5) is 10.8 Å². The number of nitrogens with zero attached hydrogens (tertiary/aromatic N) is 4. The van der Waals surface area contributed by atoms with Crippen molar-refractivity contribution in [2.45, 2.75) is 32.0 Å². The number of carbonyl (C=O) groups is 2. The number of amides is 2. The van der Waals surface area contributed by atoms with Gasteiger partial charge in [0.1, 0.15) is 5.82 Å². The van der Waals surface area contributed by atoms with Crippen LogP contribution in [0.5, 0.6) is 0 Å². The summed E-state index contributed by atoms with van der Waals surface area (Å²) in [5, 5.41) is 17.7. The first kappa shape index (κ1) is 24.9. The Morgan fingerprint density at radius 2 is 1.77 bits per heavy atom. The van der Waals surface area contributed by atoms with E-state index in [0.717, 1.165) is 22.5 Å². The van der Waals surface area contributed by atoms with Gasteiger partial charge in [0.25, 0.3) is 0 Å². The number of hydrogen-bond donors (Lipinski definition) is 2. The lowest BCUT2D eigenvalue weighted by Gasteiger charge is -2.08. The largest absolute Gasteiger partial charge is 0.326 e. The second-order valence-corrected chi connectivity index (χ2v) is 9.85. The molecule has 2 amide bonds. The van der Waals surface area contributed by atoms with Gasteiger partial charge in [-0.15, -0.1) is 21.5 Å². The summed E-state index contributed by atoms with van der Waals surface area (Å²) < 4.78 is 1.84. The Morgan fingerprint density at radius 3 is 2.49 bits per heavy atom. The number of aryl methyl sites for hydroxylation is 1.